The summed E-state index contributed by atoms with van der Waals surface area (Å²) < 4.78 is 0. The lowest BCUT2D eigenvalue weighted by Crippen LogP contribution is -2.58. The molecule has 1 aliphatic carbocycles. The fourth-order valence-corrected chi connectivity index (χ4v) is 2.53. The summed E-state index contributed by atoms with van der Waals surface area (Å²) in [7, 11) is 1.74. The second kappa shape index (κ2) is 5.08. The molecule has 1 aromatic rings. The molecule has 1 saturated carbocycles. The number of amides is 1. The van der Waals surface area contributed by atoms with Gasteiger partial charge in [0.1, 0.15) is 0 Å². The number of rotatable bonds is 3. The van der Waals surface area contributed by atoms with E-state index in [1.165, 1.54) is 0 Å². The Bertz CT molecular complexity index is 472. The molecule has 0 aliphatic heterocycles. The molecule has 0 heterocycles. The number of hydrogen-bond donors (Lipinski definition) is 1. The normalized spacial score (nSPS) is 17.1. The number of likely N-dealkylation sites (N-methyl/N-ethyl adjacent to an activating group) is 1. The highest BCUT2D eigenvalue weighted by Crippen LogP contribution is 2.32. The summed E-state index contributed by atoms with van der Waals surface area (Å²) in [6.45, 7) is 0.428. The van der Waals surface area contributed by atoms with Crippen molar-refractivity contribution in [3.8, 4) is 0 Å². The van der Waals surface area contributed by atoms with Crippen LogP contribution in [0.1, 0.15) is 24.8 Å². The van der Waals surface area contributed by atoms with Crippen molar-refractivity contribution in [1.29, 1.82) is 0 Å². The first kappa shape index (κ1) is 13.7. The lowest BCUT2D eigenvalue weighted by Gasteiger charge is -2.39. The average molecular weight is 287 g/mol. The van der Waals surface area contributed by atoms with Crippen LogP contribution >= 0.6 is 23.2 Å². The summed E-state index contributed by atoms with van der Waals surface area (Å²) in [6, 6.07) is 5.41. The Hall–Kier alpha value is -0.770. The number of nitrogens with two attached hydrogens (primary N) is 1. The highest BCUT2D eigenvalue weighted by Gasteiger charge is 2.41. The Labute approximate surface area is 117 Å². The van der Waals surface area contributed by atoms with Crippen LogP contribution in [-0.4, -0.2) is 23.4 Å². The fraction of sp³-hybridized carbons (Fsp3) is 0.462. The Balaban J connectivity index is 2.09. The number of nitrogens with zero attached hydrogens (tertiary/aromatic N) is 1. The predicted molar refractivity (Wildman–Crippen MR) is 73.7 cm³/mol. The van der Waals surface area contributed by atoms with Gasteiger partial charge in [-0.1, -0.05) is 35.3 Å². The zero-order chi connectivity index (χ0) is 13.3. The van der Waals surface area contributed by atoms with Gasteiger partial charge in [-0.3, -0.25) is 4.79 Å². The Morgan fingerprint density at radius 1 is 1.44 bits per heavy atom. The van der Waals surface area contributed by atoms with Gasteiger partial charge >= 0.3 is 0 Å². The number of hydrogen-bond acceptors (Lipinski definition) is 2. The molecule has 1 aromatic carbocycles. The molecule has 0 spiro atoms. The Morgan fingerprint density at radius 2 is 2.11 bits per heavy atom. The van der Waals surface area contributed by atoms with Crippen molar-refractivity contribution < 1.29 is 4.79 Å². The summed E-state index contributed by atoms with van der Waals surface area (Å²) in [5.74, 6) is -0.0233. The van der Waals surface area contributed by atoms with Crippen molar-refractivity contribution in [3.05, 3.63) is 33.8 Å². The predicted octanol–water partition coefficient (Wildman–Crippen LogP) is 2.83. The zero-order valence-electron chi connectivity index (χ0n) is 10.2. The maximum atomic E-state index is 12.2. The minimum absolute atomic E-state index is 0.0233. The van der Waals surface area contributed by atoms with Crippen molar-refractivity contribution in [2.45, 2.75) is 31.3 Å². The molecule has 98 valence electrons. The third kappa shape index (κ3) is 2.48. The van der Waals surface area contributed by atoms with E-state index in [0.717, 1.165) is 24.8 Å². The first-order valence-electron chi connectivity index (χ1n) is 5.91. The second-order valence-electron chi connectivity index (χ2n) is 4.88. The van der Waals surface area contributed by atoms with Crippen LogP contribution in [0.2, 0.25) is 10.0 Å². The van der Waals surface area contributed by atoms with Crippen LogP contribution in [0, 0.1) is 0 Å². The molecule has 2 rings (SSSR count). The summed E-state index contributed by atoms with van der Waals surface area (Å²) in [5, 5.41) is 1.000. The van der Waals surface area contributed by atoms with Crippen LogP contribution < -0.4 is 5.73 Å². The molecule has 0 bridgehead atoms. The molecule has 0 aromatic heterocycles. The largest absolute Gasteiger partial charge is 0.340 e. The van der Waals surface area contributed by atoms with Crippen LogP contribution in [-0.2, 0) is 11.3 Å². The molecule has 0 unspecified atom stereocenters. The molecule has 18 heavy (non-hydrogen) atoms. The van der Waals surface area contributed by atoms with E-state index in [4.69, 9.17) is 28.9 Å². The van der Waals surface area contributed by atoms with Crippen molar-refractivity contribution in [1.82, 2.24) is 4.90 Å². The van der Waals surface area contributed by atoms with E-state index < -0.39 is 5.54 Å². The monoisotopic (exact) mass is 286 g/mol. The van der Waals surface area contributed by atoms with Gasteiger partial charge in [-0.25, -0.2) is 0 Å². The third-order valence-corrected chi connectivity index (χ3v) is 4.32. The van der Waals surface area contributed by atoms with Gasteiger partial charge in [0.25, 0.3) is 0 Å². The molecular formula is C13H16Cl2N2O. The van der Waals surface area contributed by atoms with E-state index >= 15 is 0 Å². The summed E-state index contributed by atoms with van der Waals surface area (Å²) in [6.07, 6.45) is 2.55. The van der Waals surface area contributed by atoms with E-state index in [1.54, 1.807) is 18.0 Å². The Kier molecular flexibility index (Phi) is 3.85. The van der Waals surface area contributed by atoms with E-state index in [1.807, 2.05) is 12.1 Å². The van der Waals surface area contributed by atoms with Crippen molar-refractivity contribution in [2.75, 3.05) is 7.05 Å². The van der Waals surface area contributed by atoms with E-state index in [9.17, 15) is 4.79 Å². The quantitative estimate of drug-likeness (QED) is 0.929. The van der Waals surface area contributed by atoms with Crippen molar-refractivity contribution in [2.24, 2.45) is 5.73 Å². The van der Waals surface area contributed by atoms with Crippen molar-refractivity contribution >= 4 is 29.1 Å². The van der Waals surface area contributed by atoms with Crippen LogP contribution in [0.3, 0.4) is 0 Å². The van der Waals surface area contributed by atoms with Gasteiger partial charge in [-0.2, -0.15) is 0 Å². The first-order chi connectivity index (χ1) is 8.44. The summed E-state index contributed by atoms with van der Waals surface area (Å²) in [4.78, 5) is 13.8. The van der Waals surface area contributed by atoms with Crippen molar-refractivity contribution in [3.63, 3.8) is 0 Å². The molecule has 0 saturated heterocycles. The summed E-state index contributed by atoms with van der Waals surface area (Å²) >= 11 is 12.0. The average Bonchev–Trinajstić information content (AvgIpc) is 2.31. The third-order valence-electron chi connectivity index (χ3n) is 3.46. The molecule has 1 aliphatic rings. The lowest BCUT2D eigenvalue weighted by atomic mass is 9.76. The topological polar surface area (TPSA) is 46.3 Å². The van der Waals surface area contributed by atoms with Gasteiger partial charge in [0.2, 0.25) is 5.91 Å². The molecular weight excluding hydrogens is 271 g/mol. The highest BCUT2D eigenvalue weighted by atomic mass is 35.5. The maximum absolute atomic E-state index is 12.2. The summed E-state index contributed by atoms with van der Waals surface area (Å²) in [5.41, 5.74) is 6.19. The van der Waals surface area contributed by atoms with Gasteiger partial charge in [0.05, 0.1) is 15.6 Å². The van der Waals surface area contributed by atoms with Crippen LogP contribution in [0.25, 0.3) is 0 Å². The molecule has 1 amide bonds. The van der Waals surface area contributed by atoms with Crippen LogP contribution in [0.4, 0.5) is 0 Å². The van der Waals surface area contributed by atoms with Gasteiger partial charge in [0, 0.05) is 13.6 Å². The molecule has 2 N–H and O–H groups in total. The molecule has 0 radical (unpaired) electrons. The second-order valence-corrected chi connectivity index (χ2v) is 5.67. The van der Waals surface area contributed by atoms with E-state index in [-0.39, 0.29) is 5.91 Å². The van der Waals surface area contributed by atoms with Gasteiger partial charge in [-0.15, -0.1) is 0 Å². The number of carbonyl (C=O) groups is 1. The number of benzene rings is 1. The standard InChI is InChI=1S/C13H16Cl2N2O/c1-17(12(18)13(16)6-3-7-13)8-9-4-2-5-10(14)11(9)15/h2,4-5H,3,6-8,16H2,1H3. The number of halogens is 2. The maximum Gasteiger partial charge on any atom is 0.242 e. The van der Waals surface area contributed by atoms with Gasteiger partial charge in [0.15, 0.2) is 0 Å². The van der Waals surface area contributed by atoms with Crippen LogP contribution in [0.15, 0.2) is 18.2 Å². The van der Waals surface area contributed by atoms with E-state index in [2.05, 4.69) is 0 Å². The minimum atomic E-state index is -0.667. The minimum Gasteiger partial charge on any atom is -0.340 e. The van der Waals surface area contributed by atoms with Crippen LogP contribution in [0.5, 0.6) is 0 Å². The molecule has 3 nitrogen and oxygen atoms in total. The van der Waals surface area contributed by atoms with Gasteiger partial charge in [-0.05, 0) is 30.9 Å². The smallest absolute Gasteiger partial charge is 0.242 e. The van der Waals surface area contributed by atoms with Gasteiger partial charge < -0.3 is 10.6 Å². The highest BCUT2D eigenvalue weighted by molar-refractivity contribution is 6.42. The zero-order valence-corrected chi connectivity index (χ0v) is 11.8. The molecule has 1 fully saturated rings. The molecule has 0 atom stereocenters. The lowest BCUT2D eigenvalue weighted by molar-refractivity contribution is -0.139. The van der Waals surface area contributed by atoms with E-state index in [0.29, 0.717) is 16.6 Å². The molecule has 5 heteroatoms. The fourth-order valence-electron chi connectivity index (χ4n) is 2.15. The number of carbonyl (C=O) groups excluding carboxylic acids is 1. The SMILES string of the molecule is CN(Cc1cccc(Cl)c1Cl)C(=O)C1(N)CCC1. The first-order valence-corrected chi connectivity index (χ1v) is 6.67. The Morgan fingerprint density at radius 3 is 2.67 bits per heavy atom.